The summed E-state index contributed by atoms with van der Waals surface area (Å²) in [7, 11) is -3.59. The number of carbonyl (C=O) groups is 1. The van der Waals surface area contributed by atoms with E-state index in [4.69, 9.17) is 0 Å². The number of nitrogens with one attached hydrogen (secondary N) is 1. The highest BCUT2D eigenvalue weighted by Gasteiger charge is 2.18. The van der Waals surface area contributed by atoms with E-state index < -0.39 is 15.7 Å². The zero-order chi connectivity index (χ0) is 22.7. The van der Waals surface area contributed by atoms with Crippen LogP contribution in [-0.4, -0.2) is 34.5 Å². The van der Waals surface area contributed by atoms with E-state index in [1.165, 1.54) is 6.08 Å². The van der Waals surface area contributed by atoms with Crippen molar-refractivity contribution in [2.24, 2.45) is 0 Å². The molecule has 2 aromatic heterocycles. The van der Waals surface area contributed by atoms with Crippen molar-refractivity contribution in [2.45, 2.75) is 11.7 Å². The van der Waals surface area contributed by atoms with Crippen LogP contribution in [0.2, 0.25) is 0 Å². The molecule has 4 aromatic rings. The fraction of sp³-hybridized carbons (Fsp3) is 0.0909. The van der Waals surface area contributed by atoms with Crippen LogP contribution in [0, 0.1) is 11.3 Å². The summed E-state index contributed by atoms with van der Waals surface area (Å²) in [6, 6.07) is 19.6. The lowest BCUT2D eigenvalue weighted by molar-refractivity contribution is -0.112. The molecule has 2 heterocycles. The molecular formula is C22H17N5O3S2. The van der Waals surface area contributed by atoms with Crippen LogP contribution in [0.15, 0.2) is 71.5 Å². The quantitative estimate of drug-likeness (QED) is 0.345. The second kappa shape index (κ2) is 8.74. The van der Waals surface area contributed by atoms with Crippen LogP contribution in [0.5, 0.6) is 0 Å². The van der Waals surface area contributed by atoms with Crippen molar-refractivity contribution in [2.75, 3.05) is 11.6 Å². The van der Waals surface area contributed by atoms with Crippen molar-refractivity contribution < 1.29 is 13.2 Å². The molecule has 160 valence electrons. The average molecular weight is 464 g/mol. The Labute approximate surface area is 188 Å². The molecule has 8 nitrogen and oxygen atoms in total. The lowest BCUT2D eigenvalue weighted by atomic mass is 10.1. The van der Waals surface area contributed by atoms with Gasteiger partial charge in [0, 0.05) is 47.0 Å². The molecule has 0 saturated heterocycles. The molecule has 10 heteroatoms. The first-order chi connectivity index (χ1) is 15.3. The van der Waals surface area contributed by atoms with E-state index in [0.29, 0.717) is 6.54 Å². The van der Waals surface area contributed by atoms with Gasteiger partial charge in [0.25, 0.3) is 11.1 Å². The Bertz CT molecular complexity index is 1480. The number of carbonyl (C=O) groups excluding carboxylic acids is 1. The largest absolute Gasteiger partial charge is 0.342 e. The Morgan fingerprint density at radius 2 is 1.91 bits per heavy atom. The Morgan fingerprint density at radius 1 is 1.19 bits per heavy atom. The molecule has 0 unspecified atom stereocenters. The molecule has 0 spiro atoms. The van der Waals surface area contributed by atoms with E-state index in [9.17, 15) is 18.5 Å². The van der Waals surface area contributed by atoms with Crippen LogP contribution in [0.1, 0.15) is 11.1 Å². The molecule has 0 aliphatic carbocycles. The minimum absolute atomic E-state index is 0.00285. The van der Waals surface area contributed by atoms with Gasteiger partial charge in [0.15, 0.2) is 0 Å². The highest BCUT2D eigenvalue weighted by atomic mass is 32.2. The van der Waals surface area contributed by atoms with E-state index in [-0.39, 0.29) is 15.9 Å². The predicted molar refractivity (Wildman–Crippen MR) is 123 cm³/mol. The maximum absolute atomic E-state index is 12.6. The number of rotatable bonds is 6. The van der Waals surface area contributed by atoms with Crippen LogP contribution >= 0.6 is 11.5 Å². The first-order valence-electron chi connectivity index (χ1n) is 9.44. The lowest BCUT2D eigenvalue weighted by Gasteiger charge is -2.05. The number of benzene rings is 2. The molecule has 4 rings (SSSR count). The van der Waals surface area contributed by atoms with Gasteiger partial charge in [-0.05, 0) is 17.7 Å². The maximum atomic E-state index is 12.6. The van der Waals surface area contributed by atoms with Gasteiger partial charge in [-0.15, -0.1) is 0 Å². The van der Waals surface area contributed by atoms with Crippen LogP contribution in [-0.2, 0) is 21.2 Å². The summed E-state index contributed by atoms with van der Waals surface area (Å²) in [4.78, 5) is 16.4. The third-order valence-electron chi connectivity index (χ3n) is 4.64. The van der Waals surface area contributed by atoms with Gasteiger partial charge in [-0.2, -0.15) is 14.6 Å². The highest BCUT2D eigenvalue weighted by molar-refractivity contribution is 7.90. The Kier molecular flexibility index (Phi) is 5.85. The summed E-state index contributed by atoms with van der Waals surface area (Å²) in [5.74, 6) is -0.691. The van der Waals surface area contributed by atoms with Gasteiger partial charge in [0.1, 0.15) is 11.6 Å². The first kappa shape index (κ1) is 21.4. The molecule has 0 atom stereocenters. The Morgan fingerprint density at radius 3 is 2.59 bits per heavy atom. The monoisotopic (exact) mass is 463 g/mol. The topological polar surface area (TPSA) is 118 Å². The van der Waals surface area contributed by atoms with Crippen molar-refractivity contribution >= 4 is 49.4 Å². The van der Waals surface area contributed by atoms with Gasteiger partial charge < -0.3 is 4.57 Å². The van der Waals surface area contributed by atoms with Crippen molar-refractivity contribution in [1.29, 1.82) is 5.26 Å². The second-order valence-electron chi connectivity index (χ2n) is 6.99. The molecule has 0 saturated carbocycles. The minimum atomic E-state index is -3.59. The van der Waals surface area contributed by atoms with Gasteiger partial charge in [-0.3, -0.25) is 10.1 Å². The molecule has 1 N–H and O–H groups in total. The zero-order valence-corrected chi connectivity index (χ0v) is 18.5. The minimum Gasteiger partial charge on any atom is -0.342 e. The second-order valence-corrected chi connectivity index (χ2v) is 9.65. The number of nitriles is 1. The summed E-state index contributed by atoms with van der Waals surface area (Å²) in [6.45, 7) is 0.641. The van der Waals surface area contributed by atoms with Crippen molar-refractivity contribution in [1.82, 2.24) is 13.9 Å². The first-order valence-corrected chi connectivity index (χ1v) is 12.1. The third kappa shape index (κ3) is 4.59. The van der Waals surface area contributed by atoms with E-state index in [1.807, 2.05) is 66.9 Å². The molecule has 0 aliphatic rings. The number of para-hydroxylation sites is 1. The lowest BCUT2D eigenvalue weighted by Crippen LogP contribution is -2.13. The maximum Gasteiger partial charge on any atom is 0.268 e. The normalized spacial score (nSPS) is 11.9. The molecule has 1 amide bonds. The Hall–Kier alpha value is -3.81. The van der Waals surface area contributed by atoms with Crippen molar-refractivity contribution in [3.05, 3.63) is 77.5 Å². The van der Waals surface area contributed by atoms with Crippen molar-refractivity contribution in [3.8, 4) is 6.07 Å². The van der Waals surface area contributed by atoms with Crippen LogP contribution in [0.3, 0.4) is 0 Å². The average Bonchev–Trinajstić information content (AvgIpc) is 3.38. The molecule has 0 bridgehead atoms. The van der Waals surface area contributed by atoms with Crippen LogP contribution in [0.4, 0.5) is 5.13 Å². The molecule has 0 radical (unpaired) electrons. The van der Waals surface area contributed by atoms with Gasteiger partial charge in [0.2, 0.25) is 15.0 Å². The number of anilines is 1. The number of fused-ring (bicyclic) bond motifs is 1. The highest BCUT2D eigenvalue weighted by Crippen LogP contribution is 2.25. The summed E-state index contributed by atoms with van der Waals surface area (Å²) in [5.41, 5.74) is 2.68. The van der Waals surface area contributed by atoms with E-state index >= 15 is 0 Å². The van der Waals surface area contributed by atoms with Gasteiger partial charge in [-0.1, -0.05) is 48.5 Å². The van der Waals surface area contributed by atoms with Gasteiger partial charge in [0.05, 0.1) is 0 Å². The fourth-order valence-electron chi connectivity index (χ4n) is 3.18. The van der Waals surface area contributed by atoms with Crippen molar-refractivity contribution in [3.63, 3.8) is 0 Å². The van der Waals surface area contributed by atoms with Gasteiger partial charge in [-0.25, -0.2) is 8.42 Å². The summed E-state index contributed by atoms with van der Waals surface area (Å²) in [5, 5.41) is 12.5. The number of hydrogen-bond donors (Lipinski definition) is 1. The Balaban J connectivity index is 1.65. The summed E-state index contributed by atoms with van der Waals surface area (Å²) in [6.07, 6.45) is 4.39. The molecule has 0 aliphatic heterocycles. The van der Waals surface area contributed by atoms with Gasteiger partial charge >= 0.3 is 0 Å². The number of aromatic nitrogens is 3. The fourth-order valence-corrected chi connectivity index (χ4v) is 4.62. The summed E-state index contributed by atoms with van der Waals surface area (Å²) < 4.78 is 28.8. The standard InChI is InChI=1S/C22H17N5O3S2/c1-32(29,30)22-25-21(31-26-22)24-20(28)16(12-23)11-17-14-27(13-15-7-3-2-4-8-15)19-10-6-5-9-18(17)19/h2-11,14H,13H2,1H3,(H,24,25,26,28). The smallest absolute Gasteiger partial charge is 0.268 e. The van der Waals surface area contributed by atoms with E-state index in [0.717, 1.165) is 39.8 Å². The van der Waals surface area contributed by atoms with E-state index in [1.54, 1.807) is 0 Å². The molecule has 32 heavy (non-hydrogen) atoms. The summed E-state index contributed by atoms with van der Waals surface area (Å²) >= 11 is 0.734. The SMILES string of the molecule is CS(=O)(=O)c1nsc(NC(=O)C(C#N)=Cc2cn(Cc3ccccc3)c3ccccc23)n1. The van der Waals surface area contributed by atoms with Crippen LogP contribution < -0.4 is 5.32 Å². The van der Waals surface area contributed by atoms with E-state index in [2.05, 4.69) is 19.2 Å². The number of sulfone groups is 1. The number of nitrogens with zero attached hydrogens (tertiary/aromatic N) is 4. The molecule has 0 fully saturated rings. The number of amides is 1. The zero-order valence-electron chi connectivity index (χ0n) is 16.9. The molecular weight excluding hydrogens is 446 g/mol. The third-order valence-corrected chi connectivity index (χ3v) is 6.23. The number of hydrogen-bond acceptors (Lipinski definition) is 7. The predicted octanol–water partition coefficient (Wildman–Crippen LogP) is 3.49. The molecule has 2 aromatic carbocycles. The van der Waals surface area contributed by atoms with Crippen LogP contribution in [0.25, 0.3) is 17.0 Å².